The van der Waals surface area contributed by atoms with E-state index in [2.05, 4.69) is 57.9 Å². The second-order valence-electron chi connectivity index (χ2n) is 8.95. The molecule has 214 valence electrons. The zero-order valence-corrected chi connectivity index (χ0v) is 26.6. The quantitative estimate of drug-likeness (QED) is 0.0904. The number of nitrogens with zero attached hydrogens (tertiary/aromatic N) is 5. The summed E-state index contributed by atoms with van der Waals surface area (Å²) in [5.41, 5.74) is 1.12. The highest BCUT2D eigenvalue weighted by Gasteiger charge is 2.20. The number of aromatic nitrogens is 3. The maximum atomic E-state index is 13.7. The number of rotatable bonds is 7. The van der Waals surface area contributed by atoms with Crippen LogP contribution < -0.4 is 15.0 Å². The third-order valence-electron chi connectivity index (χ3n) is 6.28. The summed E-state index contributed by atoms with van der Waals surface area (Å²) in [5.74, 6) is 1.29. The molecule has 43 heavy (non-hydrogen) atoms. The van der Waals surface area contributed by atoms with Gasteiger partial charge in [0.15, 0.2) is 17.3 Å². The van der Waals surface area contributed by atoms with Crippen molar-refractivity contribution in [1.29, 1.82) is 0 Å². The number of para-hydroxylation sites is 1. The number of ether oxygens (including phenoxy) is 2. The van der Waals surface area contributed by atoms with Crippen molar-refractivity contribution in [2.45, 2.75) is 0 Å². The van der Waals surface area contributed by atoms with E-state index in [9.17, 15) is 14.9 Å². The Morgan fingerprint density at radius 3 is 2.60 bits per heavy atom. The van der Waals surface area contributed by atoms with Crippen LogP contribution in [0.25, 0.3) is 33.5 Å². The molecule has 0 spiro atoms. The Balaban J connectivity index is 1.44. The maximum Gasteiger partial charge on any atom is 0.287 e. The van der Waals surface area contributed by atoms with Crippen molar-refractivity contribution in [3.63, 3.8) is 0 Å². The van der Waals surface area contributed by atoms with E-state index < -0.39 is 4.92 Å². The van der Waals surface area contributed by atoms with E-state index in [1.54, 1.807) is 36.4 Å². The largest absolute Gasteiger partial charge is 0.493 e. The molecule has 6 aromatic rings. The molecular formula is C29H16Br3N5O6. The molecule has 0 unspecified atom stereocenters. The molecule has 0 N–H and O–H groups in total. The first-order valence-corrected chi connectivity index (χ1v) is 14.7. The van der Waals surface area contributed by atoms with E-state index in [1.807, 2.05) is 18.2 Å². The van der Waals surface area contributed by atoms with E-state index >= 15 is 0 Å². The Morgan fingerprint density at radius 2 is 1.86 bits per heavy atom. The van der Waals surface area contributed by atoms with Crippen LogP contribution in [0, 0.1) is 10.1 Å². The van der Waals surface area contributed by atoms with Crippen LogP contribution in [0.3, 0.4) is 0 Å². The van der Waals surface area contributed by atoms with E-state index in [1.165, 1.54) is 30.1 Å². The molecule has 3 heterocycles. The lowest BCUT2D eigenvalue weighted by Gasteiger charge is -2.14. The van der Waals surface area contributed by atoms with Crippen LogP contribution in [0.4, 0.5) is 5.69 Å². The molecule has 0 bridgehead atoms. The van der Waals surface area contributed by atoms with Crippen molar-refractivity contribution in [3.8, 4) is 29.0 Å². The fourth-order valence-corrected chi connectivity index (χ4v) is 5.51. The van der Waals surface area contributed by atoms with Gasteiger partial charge in [-0.3, -0.25) is 14.9 Å². The monoisotopic (exact) mass is 767 g/mol. The Hall–Kier alpha value is -4.40. The Labute approximate surface area is 267 Å². The first-order valence-electron chi connectivity index (χ1n) is 12.3. The molecule has 0 atom stereocenters. The lowest BCUT2D eigenvalue weighted by Crippen LogP contribution is -2.20. The SMILES string of the molecule is COc1cc(C=Nn2c(-c3cc4cc(Br)ccc4o3)nc3ccccc3c2=O)c(Br)c(Br)c1Oc1ccc([N+](=O)[O-])cn1. The number of methoxy groups -OCH3 is 1. The summed E-state index contributed by atoms with van der Waals surface area (Å²) in [4.78, 5) is 32.8. The number of pyridine rings is 1. The van der Waals surface area contributed by atoms with Crippen LogP contribution in [0.1, 0.15) is 5.56 Å². The number of benzene rings is 3. The predicted octanol–water partition coefficient (Wildman–Crippen LogP) is 8.08. The van der Waals surface area contributed by atoms with Crippen molar-refractivity contribution >= 4 is 81.6 Å². The molecule has 0 saturated carbocycles. The molecule has 0 aliphatic heterocycles. The fourth-order valence-electron chi connectivity index (χ4n) is 4.23. The van der Waals surface area contributed by atoms with Gasteiger partial charge >= 0.3 is 0 Å². The Morgan fingerprint density at radius 1 is 1.05 bits per heavy atom. The first-order chi connectivity index (χ1) is 20.7. The summed E-state index contributed by atoms with van der Waals surface area (Å²) in [7, 11) is 1.46. The summed E-state index contributed by atoms with van der Waals surface area (Å²) in [6, 6.07) is 18.7. The summed E-state index contributed by atoms with van der Waals surface area (Å²) in [5, 5.41) is 16.7. The number of hydrogen-bond acceptors (Lipinski definition) is 9. The number of fused-ring (bicyclic) bond motifs is 2. The van der Waals surface area contributed by atoms with Crippen molar-refractivity contribution in [1.82, 2.24) is 14.6 Å². The first kappa shape index (κ1) is 28.7. The highest BCUT2D eigenvalue weighted by molar-refractivity contribution is 9.13. The molecule has 0 radical (unpaired) electrons. The zero-order valence-electron chi connectivity index (χ0n) is 21.8. The average molecular weight is 770 g/mol. The lowest BCUT2D eigenvalue weighted by molar-refractivity contribution is -0.385. The minimum atomic E-state index is -0.549. The fraction of sp³-hybridized carbons (Fsp3) is 0.0345. The molecule has 0 saturated heterocycles. The molecule has 11 nitrogen and oxygen atoms in total. The van der Waals surface area contributed by atoms with Crippen LogP contribution in [0.5, 0.6) is 17.4 Å². The molecular weight excluding hydrogens is 754 g/mol. The molecule has 0 aliphatic carbocycles. The van der Waals surface area contributed by atoms with E-state index in [0.717, 1.165) is 16.1 Å². The molecule has 14 heteroatoms. The van der Waals surface area contributed by atoms with Crippen LogP contribution in [0.15, 0.2) is 101 Å². The maximum absolute atomic E-state index is 13.7. The summed E-state index contributed by atoms with van der Waals surface area (Å²) in [6.07, 6.45) is 2.57. The topological polar surface area (TPSA) is 135 Å². The van der Waals surface area contributed by atoms with Crippen molar-refractivity contribution < 1.29 is 18.8 Å². The molecule has 3 aromatic heterocycles. The standard InChI is InChI=1S/C29H16Br3N5O6/c1-41-22-12-16(25(31)26(32)27(22)43-24-9-7-18(14-33-24)37(39)40)13-34-36-28(35-20-5-3-2-4-19(20)29(36)38)23-11-15-10-17(30)6-8-21(15)42-23/h2-14H,1H3. The molecule has 3 aromatic carbocycles. The summed E-state index contributed by atoms with van der Waals surface area (Å²) < 4.78 is 20.6. The van der Waals surface area contributed by atoms with Gasteiger partial charge in [0.2, 0.25) is 11.7 Å². The highest BCUT2D eigenvalue weighted by Crippen LogP contribution is 2.44. The molecule has 6 rings (SSSR count). The van der Waals surface area contributed by atoms with Gasteiger partial charge in [0, 0.05) is 32.0 Å². The molecule has 0 amide bonds. The van der Waals surface area contributed by atoms with Gasteiger partial charge in [-0.2, -0.15) is 9.78 Å². The number of nitro groups is 1. The third-order valence-corrected chi connectivity index (χ3v) is 8.92. The number of hydrogen-bond donors (Lipinski definition) is 0. The predicted molar refractivity (Wildman–Crippen MR) is 171 cm³/mol. The highest BCUT2D eigenvalue weighted by atomic mass is 79.9. The van der Waals surface area contributed by atoms with Crippen LogP contribution in [-0.2, 0) is 0 Å². The van der Waals surface area contributed by atoms with Gasteiger partial charge in [0.25, 0.3) is 11.2 Å². The van der Waals surface area contributed by atoms with Crippen LogP contribution in [0.2, 0.25) is 0 Å². The van der Waals surface area contributed by atoms with Gasteiger partial charge in [-0.25, -0.2) is 9.97 Å². The average Bonchev–Trinajstić information content (AvgIpc) is 3.43. The molecule has 0 fully saturated rings. The second kappa shape index (κ2) is 11.7. The van der Waals surface area contributed by atoms with Crippen molar-refractivity contribution in [2.75, 3.05) is 7.11 Å². The summed E-state index contributed by atoms with van der Waals surface area (Å²) >= 11 is 10.5. The zero-order chi connectivity index (χ0) is 30.2. The minimum Gasteiger partial charge on any atom is -0.493 e. The second-order valence-corrected chi connectivity index (χ2v) is 11.4. The van der Waals surface area contributed by atoms with Gasteiger partial charge in [0.05, 0.1) is 33.6 Å². The lowest BCUT2D eigenvalue weighted by atomic mass is 10.2. The molecule has 0 aliphatic rings. The van der Waals surface area contributed by atoms with E-state index in [0.29, 0.717) is 42.5 Å². The van der Waals surface area contributed by atoms with Crippen molar-refractivity contribution in [3.05, 3.63) is 112 Å². The van der Waals surface area contributed by atoms with E-state index in [4.69, 9.17) is 18.9 Å². The van der Waals surface area contributed by atoms with Crippen molar-refractivity contribution in [2.24, 2.45) is 5.10 Å². The Kier molecular flexibility index (Phi) is 7.81. The Bertz CT molecular complexity index is 2140. The third kappa shape index (κ3) is 5.56. The minimum absolute atomic E-state index is 0.120. The van der Waals surface area contributed by atoms with Crippen LogP contribution in [-0.4, -0.2) is 32.9 Å². The number of furan rings is 1. The smallest absolute Gasteiger partial charge is 0.287 e. The summed E-state index contributed by atoms with van der Waals surface area (Å²) in [6.45, 7) is 0. The van der Waals surface area contributed by atoms with Gasteiger partial charge in [-0.15, -0.1) is 0 Å². The number of halogens is 3. The van der Waals surface area contributed by atoms with E-state index in [-0.39, 0.29) is 28.7 Å². The normalized spacial score (nSPS) is 11.4. The van der Waals surface area contributed by atoms with Gasteiger partial charge in [-0.1, -0.05) is 28.1 Å². The van der Waals surface area contributed by atoms with Crippen LogP contribution >= 0.6 is 47.8 Å². The van der Waals surface area contributed by atoms with Gasteiger partial charge in [-0.05, 0) is 74.3 Å². The van der Waals surface area contributed by atoms with Gasteiger partial charge < -0.3 is 13.9 Å². The van der Waals surface area contributed by atoms with Gasteiger partial charge in [0.1, 0.15) is 11.8 Å².